The van der Waals surface area contributed by atoms with Gasteiger partial charge in [-0.2, -0.15) is 0 Å². The molecule has 0 aromatic carbocycles. The maximum absolute atomic E-state index is 13.2. The minimum absolute atomic E-state index is 0.0417. The Morgan fingerprint density at radius 2 is 1.92 bits per heavy atom. The van der Waals surface area contributed by atoms with Gasteiger partial charge in [-0.1, -0.05) is 52.3 Å². The summed E-state index contributed by atoms with van der Waals surface area (Å²) in [5.74, 6) is -1.55. The van der Waals surface area contributed by atoms with Gasteiger partial charge in [0.1, 0.15) is 11.9 Å². The predicted octanol–water partition coefficient (Wildman–Crippen LogP) is 5.41. The number of Topliss-reactive ketones (excluding diaryl/α,β-unsaturated/α-hetero) is 1. The zero-order valence-corrected chi connectivity index (χ0v) is 24.9. The Bertz CT molecular complexity index is 941. The molecule has 2 rings (SSSR count). The van der Waals surface area contributed by atoms with Crippen LogP contribution < -0.4 is 0 Å². The van der Waals surface area contributed by atoms with Crippen LogP contribution >= 0.6 is 11.8 Å². The van der Waals surface area contributed by atoms with Crippen molar-refractivity contribution in [3.8, 4) is 0 Å². The molecule has 8 heteroatoms. The summed E-state index contributed by atoms with van der Waals surface area (Å²) < 4.78 is 11.9. The molecular formula is C30H47NO6S. The van der Waals surface area contributed by atoms with Crippen molar-refractivity contribution in [2.75, 3.05) is 6.26 Å². The van der Waals surface area contributed by atoms with Crippen LogP contribution in [0.15, 0.2) is 39.9 Å². The van der Waals surface area contributed by atoms with Gasteiger partial charge in [0.15, 0.2) is 0 Å². The minimum atomic E-state index is -1.23. The Labute approximate surface area is 232 Å². The molecule has 0 aromatic heterocycles. The number of carbonyl (C=O) groups excluding carboxylic acids is 2. The van der Waals surface area contributed by atoms with Gasteiger partial charge in [0.2, 0.25) is 0 Å². The van der Waals surface area contributed by atoms with Crippen molar-refractivity contribution in [3.63, 3.8) is 0 Å². The Balaban J connectivity index is 2.24. The van der Waals surface area contributed by atoms with Gasteiger partial charge >= 0.3 is 5.97 Å². The number of carbonyl (C=O) groups is 2. The number of epoxide rings is 1. The average Bonchev–Trinajstić information content (AvgIpc) is 3.51. The van der Waals surface area contributed by atoms with E-state index in [9.17, 15) is 19.8 Å². The Morgan fingerprint density at radius 1 is 1.24 bits per heavy atom. The number of aliphatic hydroxyl groups excluding tert-OH is 2. The number of cyclic esters (lactones) is 1. The van der Waals surface area contributed by atoms with Crippen LogP contribution in [0.5, 0.6) is 0 Å². The van der Waals surface area contributed by atoms with E-state index in [1.807, 2.05) is 44.4 Å². The van der Waals surface area contributed by atoms with Crippen molar-refractivity contribution in [1.29, 1.82) is 0 Å². The Morgan fingerprint density at radius 3 is 2.55 bits per heavy atom. The van der Waals surface area contributed by atoms with Crippen LogP contribution in [0, 0.1) is 17.3 Å². The molecule has 7 atom stereocenters. The maximum atomic E-state index is 13.2. The molecule has 0 bridgehead atoms. The van der Waals surface area contributed by atoms with E-state index in [4.69, 9.17) is 9.47 Å². The first-order chi connectivity index (χ1) is 17.8. The molecule has 2 N–H and O–H groups in total. The van der Waals surface area contributed by atoms with E-state index in [1.165, 1.54) is 11.8 Å². The summed E-state index contributed by atoms with van der Waals surface area (Å²) in [6.45, 7) is 14.5. The largest absolute Gasteiger partial charge is 0.458 e. The molecule has 2 fully saturated rings. The van der Waals surface area contributed by atoms with E-state index in [1.54, 1.807) is 20.8 Å². The van der Waals surface area contributed by atoms with Crippen LogP contribution in [0.4, 0.5) is 0 Å². The molecule has 38 heavy (non-hydrogen) atoms. The molecular weight excluding hydrogens is 502 g/mol. The van der Waals surface area contributed by atoms with Crippen molar-refractivity contribution in [2.24, 2.45) is 22.2 Å². The predicted molar refractivity (Wildman–Crippen MR) is 154 cm³/mol. The second-order valence-corrected chi connectivity index (χ2v) is 12.4. The highest BCUT2D eigenvalue weighted by Crippen LogP contribution is 2.45. The molecule has 2 aliphatic rings. The summed E-state index contributed by atoms with van der Waals surface area (Å²) >= 11 is 1.52. The Kier molecular flexibility index (Phi) is 12.0. The first-order valence-electron chi connectivity index (χ1n) is 13.6. The van der Waals surface area contributed by atoms with Crippen molar-refractivity contribution in [2.45, 2.75) is 110 Å². The first-order valence-corrected chi connectivity index (χ1v) is 14.8. The third-order valence-corrected chi connectivity index (χ3v) is 8.91. The number of nitrogens with zero attached hydrogens (tertiary/aromatic N) is 1. The van der Waals surface area contributed by atoms with Crippen LogP contribution in [0.1, 0.15) is 80.1 Å². The van der Waals surface area contributed by atoms with Crippen molar-refractivity contribution in [1.82, 2.24) is 0 Å². The lowest BCUT2D eigenvalue weighted by molar-refractivity contribution is -0.154. The van der Waals surface area contributed by atoms with E-state index in [0.29, 0.717) is 12.8 Å². The van der Waals surface area contributed by atoms with Crippen LogP contribution in [-0.2, 0) is 19.1 Å². The van der Waals surface area contributed by atoms with Crippen LogP contribution in [0.3, 0.4) is 0 Å². The quantitative estimate of drug-likeness (QED) is 0.150. The summed E-state index contributed by atoms with van der Waals surface area (Å²) in [6.07, 6.45) is 10.5. The Hall–Kier alpha value is -1.74. The number of ketones is 1. The second kappa shape index (κ2) is 14.1. The average molecular weight is 550 g/mol. The SMILES string of the molecule is C=N/C(=C\C=C/C/C=C(\C)[C@@H]1C[C@@H]2O[C@]2(C)CCC[C@H](C)[C@H](O)[C@@H](C)C(=O)C(C)(C)[C@@H](O)CC(=O)O1)SC. The van der Waals surface area contributed by atoms with Gasteiger partial charge in [-0.15, -0.1) is 11.8 Å². The van der Waals surface area contributed by atoms with Crippen molar-refractivity contribution >= 4 is 30.2 Å². The number of fused-ring (bicyclic) bond motifs is 1. The van der Waals surface area contributed by atoms with Gasteiger partial charge in [0.25, 0.3) is 0 Å². The van der Waals surface area contributed by atoms with Crippen LogP contribution in [0.2, 0.25) is 0 Å². The molecule has 214 valence electrons. The normalized spacial score (nSPS) is 36.0. The van der Waals surface area contributed by atoms with E-state index in [2.05, 4.69) is 18.6 Å². The van der Waals surface area contributed by atoms with Crippen LogP contribution in [-0.4, -0.2) is 65.0 Å². The topological polar surface area (TPSA) is 109 Å². The number of esters is 1. The van der Waals surface area contributed by atoms with Gasteiger partial charge < -0.3 is 19.7 Å². The van der Waals surface area contributed by atoms with E-state index in [-0.39, 0.29) is 29.8 Å². The number of aliphatic hydroxyl groups is 2. The lowest BCUT2D eigenvalue weighted by Gasteiger charge is -2.34. The number of rotatable bonds is 6. The third kappa shape index (κ3) is 8.63. The summed E-state index contributed by atoms with van der Waals surface area (Å²) in [4.78, 5) is 30.1. The summed E-state index contributed by atoms with van der Waals surface area (Å²) in [5.41, 5.74) is -0.594. The van der Waals surface area contributed by atoms with Gasteiger partial charge in [0.05, 0.1) is 40.8 Å². The van der Waals surface area contributed by atoms with E-state index >= 15 is 0 Å². The molecule has 0 spiro atoms. The number of aliphatic imine (C=N–C) groups is 1. The monoisotopic (exact) mass is 549 g/mol. The molecule has 2 aliphatic heterocycles. The summed E-state index contributed by atoms with van der Waals surface area (Å²) in [5, 5.41) is 22.6. The number of hydrogen-bond donors (Lipinski definition) is 2. The number of thioether (sulfide) groups is 1. The highest BCUT2D eigenvalue weighted by Gasteiger charge is 2.53. The molecule has 2 saturated heterocycles. The minimum Gasteiger partial charge on any atom is -0.458 e. The fraction of sp³-hybridized carbons (Fsp3) is 0.700. The van der Waals surface area contributed by atoms with Gasteiger partial charge in [-0.3, -0.25) is 14.6 Å². The third-order valence-electron chi connectivity index (χ3n) is 8.23. The molecule has 0 amide bonds. The van der Waals surface area contributed by atoms with E-state index < -0.39 is 35.6 Å². The molecule has 0 aliphatic carbocycles. The lowest BCUT2D eigenvalue weighted by Crippen LogP contribution is -2.45. The number of hydrogen-bond acceptors (Lipinski definition) is 8. The fourth-order valence-corrected chi connectivity index (χ4v) is 5.44. The summed E-state index contributed by atoms with van der Waals surface area (Å²) in [6, 6.07) is 0. The molecule has 0 unspecified atom stereocenters. The van der Waals surface area contributed by atoms with Gasteiger partial charge in [-0.25, -0.2) is 0 Å². The standard InChI is InChI=1S/C30H47NO6S/c1-19(13-10-9-11-15-25(31-7)38-8)22-17-24-30(6,37-24)16-12-14-20(2)27(34)21(3)28(35)29(4,5)23(32)18-26(33)36-22/h9,11,13,15,20-24,27,32,34H,7,10,12,14,16-18H2,1-6,8H3/b11-9-,19-13+,25-15+/t20-,21+,22-,23-,24-,27-,30+/m0/s1. The van der Waals surface area contributed by atoms with Gasteiger partial charge in [0, 0.05) is 12.3 Å². The molecule has 0 radical (unpaired) electrons. The zero-order chi connectivity index (χ0) is 28.7. The van der Waals surface area contributed by atoms with E-state index in [0.717, 1.165) is 29.9 Å². The fourth-order valence-electron chi connectivity index (χ4n) is 5.09. The smallest absolute Gasteiger partial charge is 0.309 e. The highest BCUT2D eigenvalue weighted by atomic mass is 32.2. The van der Waals surface area contributed by atoms with Crippen molar-refractivity contribution in [3.05, 3.63) is 34.9 Å². The number of allylic oxidation sites excluding steroid dienone is 4. The lowest BCUT2D eigenvalue weighted by atomic mass is 9.73. The second-order valence-electron chi connectivity index (χ2n) is 11.6. The first kappa shape index (κ1) is 32.5. The van der Waals surface area contributed by atoms with Crippen LogP contribution in [0.25, 0.3) is 0 Å². The molecule has 0 saturated carbocycles. The number of ether oxygens (including phenoxy) is 2. The molecule has 7 nitrogen and oxygen atoms in total. The zero-order valence-electron chi connectivity index (χ0n) is 24.1. The van der Waals surface area contributed by atoms with Crippen molar-refractivity contribution < 1.29 is 29.3 Å². The highest BCUT2D eigenvalue weighted by molar-refractivity contribution is 8.02. The van der Waals surface area contributed by atoms with Gasteiger partial charge in [-0.05, 0) is 63.7 Å². The summed E-state index contributed by atoms with van der Waals surface area (Å²) in [7, 11) is 0. The molecule has 2 heterocycles. The maximum Gasteiger partial charge on any atom is 0.309 e. The molecule has 0 aromatic rings.